The van der Waals surface area contributed by atoms with Gasteiger partial charge in [0.25, 0.3) is 0 Å². The second-order valence-corrected chi connectivity index (χ2v) is 4.94. The molecule has 4 nitrogen and oxygen atoms in total. The molecule has 2 radical (unpaired) electrons. The van der Waals surface area contributed by atoms with Crippen LogP contribution in [0.25, 0.3) is 0 Å². The highest BCUT2D eigenvalue weighted by atomic mass is 28.2. The zero-order valence-electron chi connectivity index (χ0n) is 9.70. The minimum Gasteiger partial charge on any atom is -0.379 e. The molecule has 1 aliphatic heterocycles. The summed E-state index contributed by atoms with van der Waals surface area (Å²) in [5.41, 5.74) is 0. The zero-order chi connectivity index (χ0) is 10.9. The molecule has 1 heterocycles. The normalized spacial score (nSPS) is 18.6. The van der Waals surface area contributed by atoms with E-state index in [0.29, 0.717) is 0 Å². The lowest BCUT2D eigenvalue weighted by molar-refractivity contribution is -0.0442. The van der Waals surface area contributed by atoms with E-state index in [-0.39, 0.29) is 5.91 Å². The summed E-state index contributed by atoms with van der Waals surface area (Å²) in [6, 6.07) is 1.18. The average Bonchev–Trinajstić information content (AvgIpc) is 2.31. The molecule has 0 aromatic rings. The van der Waals surface area contributed by atoms with Gasteiger partial charge in [0.05, 0.1) is 13.2 Å². The SMILES string of the molecule is COC(OC)[Si]CCCN1CCOCC1. The fourth-order valence-corrected chi connectivity index (χ4v) is 2.54. The van der Waals surface area contributed by atoms with Crippen molar-refractivity contribution in [2.24, 2.45) is 0 Å². The second-order valence-electron chi connectivity index (χ2n) is 3.57. The van der Waals surface area contributed by atoms with Crippen LogP contribution in [0.5, 0.6) is 0 Å². The van der Waals surface area contributed by atoms with Gasteiger partial charge in [-0.15, -0.1) is 0 Å². The van der Waals surface area contributed by atoms with Gasteiger partial charge in [-0.05, 0) is 13.0 Å². The number of hydrogen-bond acceptors (Lipinski definition) is 4. The molecule has 5 heteroatoms. The minimum atomic E-state index is -0.00492. The number of hydrogen-bond donors (Lipinski definition) is 0. The van der Waals surface area contributed by atoms with Gasteiger partial charge in [0.15, 0.2) is 0 Å². The van der Waals surface area contributed by atoms with E-state index in [9.17, 15) is 0 Å². The molecule has 88 valence electrons. The van der Waals surface area contributed by atoms with Gasteiger partial charge in [-0.3, -0.25) is 4.90 Å². The van der Waals surface area contributed by atoms with Crippen molar-refractivity contribution in [2.45, 2.75) is 18.4 Å². The first-order valence-electron chi connectivity index (χ1n) is 5.46. The highest BCUT2D eigenvalue weighted by Crippen LogP contribution is 2.01. The van der Waals surface area contributed by atoms with Crippen LogP contribution in [-0.4, -0.2) is 67.4 Å². The Labute approximate surface area is 94.7 Å². The lowest BCUT2D eigenvalue weighted by Gasteiger charge is -2.26. The highest BCUT2D eigenvalue weighted by Gasteiger charge is 2.10. The molecule has 0 aromatic heterocycles. The largest absolute Gasteiger partial charge is 0.379 e. The molecular formula is C10H21NO3Si. The molecule has 0 N–H and O–H groups in total. The molecule has 0 saturated carbocycles. The Hall–Kier alpha value is 0.0569. The van der Waals surface area contributed by atoms with Crippen molar-refractivity contribution in [3.63, 3.8) is 0 Å². The number of nitrogens with zero attached hydrogens (tertiary/aromatic N) is 1. The number of morpholine rings is 1. The molecule has 0 amide bonds. The highest BCUT2D eigenvalue weighted by molar-refractivity contribution is 6.36. The molecule has 0 atom stereocenters. The van der Waals surface area contributed by atoms with E-state index in [0.717, 1.165) is 35.8 Å². The molecule has 1 rings (SSSR count). The van der Waals surface area contributed by atoms with Crippen LogP contribution < -0.4 is 0 Å². The first-order chi connectivity index (χ1) is 7.36. The van der Waals surface area contributed by atoms with Crippen LogP contribution in [0.4, 0.5) is 0 Å². The fraction of sp³-hybridized carbons (Fsp3) is 1.00. The van der Waals surface area contributed by atoms with Crippen LogP contribution in [0.15, 0.2) is 0 Å². The van der Waals surface area contributed by atoms with Crippen LogP contribution in [0.3, 0.4) is 0 Å². The van der Waals surface area contributed by atoms with Gasteiger partial charge in [-0.2, -0.15) is 0 Å². The zero-order valence-corrected chi connectivity index (χ0v) is 10.7. The van der Waals surface area contributed by atoms with E-state index < -0.39 is 0 Å². The molecule has 0 unspecified atom stereocenters. The topological polar surface area (TPSA) is 30.9 Å². The van der Waals surface area contributed by atoms with Gasteiger partial charge in [0, 0.05) is 27.3 Å². The lowest BCUT2D eigenvalue weighted by atomic mass is 10.3. The Morgan fingerprint density at radius 3 is 2.53 bits per heavy atom. The fourth-order valence-electron chi connectivity index (χ4n) is 1.61. The predicted molar refractivity (Wildman–Crippen MR) is 60.2 cm³/mol. The molecular weight excluding hydrogens is 210 g/mol. The Morgan fingerprint density at radius 2 is 1.93 bits per heavy atom. The third-order valence-electron chi connectivity index (χ3n) is 2.49. The third kappa shape index (κ3) is 5.63. The Balaban J connectivity index is 1.95. The first-order valence-corrected chi connectivity index (χ1v) is 6.74. The molecule has 0 bridgehead atoms. The predicted octanol–water partition coefficient (Wildman–Crippen LogP) is 0.408. The molecule has 1 fully saturated rings. The van der Waals surface area contributed by atoms with Crippen LogP contribution in [0, 0.1) is 0 Å². The van der Waals surface area contributed by atoms with Crippen molar-refractivity contribution in [1.82, 2.24) is 4.90 Å². The number of methoxy groups -OCH3 is 2. The summed E-state index contributed by atoms with van der Waals surface area (Å²) in [6.45, 7) is 5.13. The van der Waals surface area contributed by atoms with Crippen LogP contribution in [0.2, 0.25) is 6.04 Å². The molecule has 0 spiro atoms. The van der Waals surface area contributed by atoms with Gasteiger partial charge >= 0.3 is 0 Å². The summed E-state index contributed by atoms with van der Waals surface area (Å²) in [4.78, 5) is 2.46. The molecule has 15 heavy (non-hydrogen) atoms. The minimum absolute atomic E-state index is 0.00492. The molecule has 1 aliphatic rings. The third-order valence-corrected chi connectivity index (χ3v) is 3.94. The van der Waals surface area contributed by atoms with Crippen molar-refractivity contribution in [1.29, 1.82) is 0 Å². The Morgan fingerprint density at radius 1 is 1.27 bits per heavy atom. The lowest BCUT2D eigenvalue weighted by Crippen LogP contribution is -2.37. The summed E-state index contributed by atoms with van der Waals surface area (Å²) in [6.07, 6.45) is 1.22. The molecule has 0 aliphatic carbocycles. The van der Waals surface area contributed by atoms with Gasteiger partial charge in [0.1, 0.15) is 15.4 Å². The Kier molecular flexibility index (Phi) is 7.21. The summed E-state index contributed by atoms with van der Waals surface area (Å²) >= 11 is 0. The summed E-state index contributed by atoms with van der Waals surface area (Å²) < 4.78 is 15.6. The van der Waals surface area contributed by atoms with Crippen LogP contribution in [0.1, 0.15) is 6.42 Å². The van der Waals surface area contributed by atoms with Crippen molar-refractivity contribution in [2.75, 3.05) is 47.1 Å². The van der Waals surface area contributed by atoms with E-state index in [1.165, 1.54) is 19.0 Å². The van der Waals surface area contributed by atoms with Crippen molar-refractivity contribution in [3.05, 3.63) is 0 Å². The van der Waals surface area contributed by atoms with Crippen LogP contribution in [-0.2, 0) is 14.2 Å². The molecule has 1 saturated heterocycles. The van der Waals surface area contributed by atoms with Crippen molar-refractivity contribution >= 4 is 9.52 Å². The maximum absolute atomic E-state index is 5.30. The van der Waals surface area contributed by atoms with Gasteiger partial charge in [-0.1, -0.05) is 6.04 Å². The second kappa shape index (κ2) is 8.24. The summed E-state index contributed by atoms with van der Waals surface area (Å²) in [7, 11) is 4.14. The summed E-state index contributed by atoms with van der Waals surface area (Å²) in [5.74, 6) is -0.00492. The Bertz CT molecular complexity index is 150. The van der Waals surface area contributed by atoms with Gasteiger partial charge < -0.3 is 14.2 Å². The van der Waals surface area contributed by atoms with Crippen molar-refractivity contribution in [3.8, 4) is 0 Å². The maximum Gasteiger partial charge on any atom is 0.136 e. The standard InChI is InChI=1S/C10H21NO3Si/c1-12-10(13-2)15-9-3-4-11-5-7-14-8-6-11/h10H,3-9H2,1-2H3. The smallest absolute Gasteiger partial charge is 0.136 e. The van der Waals surface area contributed by atoms with Crippen LogP contribution >= 0.6 is 0 Å². The van der Waals surface area contributed by atoms with E-state index in [1.807, 2.05) is 0 Å². The van der Waals surface area contributed by atoms with Gasteiger partial charge in [-0.25, -0.2) is 0 Å². The average molecular weight is 231 g/mol. The molecule has 0 aromatic carbocycles. The monoisotopic (exact) mass is 231 g/mol. The number of ether oxygens (including phenoxy) is 3. The quantitative estimate of drug-likeness (QED) is 0.361. The maximum atomic E-state index is 5.30. The summed E-state index contributed by atoms with van der Waals surface area (Å²) in [5, 5.41) is 0. The van der Waals surface area contributed by atoms with E-state index in [1.54, 1.807) is 14.2 Å². The van der Waals surface area contributed by atoms with E-state index >= 15 is 0 Å². The van der Waals surface area contributed by atoms with Crippen molar-refractivity contribution < 1.29 is 14.2 Å². The van der Waals surface area contributed by atoms with E-state index in [4.69, 9.17) is 14.2 Å². The van der Waals surface area contributed by atoms with Gasteiger partial charge in [0.2, 0.25) is 0 Å². The van der Waals surface area contributed by atoms with E-state index in [2.05, 4.69) is 4.90 Å². The first kappa shape index (κ1) is 13.1. The number of rotatable bonds is 7.